The first-order chi connectivity index (χ1) is 18.8. The SMILES string of the molecule is O=C(NC12CC(C1)C2)O[C@H]1CC[C@@H](c2cc(Nc3nc(C(F)(F)F)cn4nc(COC(F)(F)F)cc34)n[nH]2)[C@H]1F. The summed E-state index contributed by atoms with van der Waals surface area (Å²) in [5.74, 6) is -0.481. The second-order valence-corrected chi connectivity index (χ2v) is 10.5. The van der Waals surface area contributed by atoms with Gasteiger partial charge in [-0.1, -0.05) is 0 Å². The summed E-state index contributed by atoms with van der Waals surface area (Å²) < 4.78 is 103. The number of anilines is 2. The number of nitrogens with zero attached hydrogens (tertiary/aromatic N) is 4. The summed E-state index contributed by atoms with van der Waals surface area (Å²) in [5, 5.41) is 15.8. The molecule has 3 atom stereocenters. The van der Waals surface area contributed by atoms with Crippen molar-refractivity contribution in [3.8, 4) is 0 Å². The standard InChI is InChI=1S/C23H22F7N7O3/c24-18-12(1-2-15(18)40-20(38)33-21-5-10(6-21)7-21)13-4-17(35-34-13)32-19-14-3-11(9-39-23(28,29)30)36-37(14)8-16(31-19)22(25,26)27/h3-4,8,10,12,15,18H,1-2,5-7,9H2,(H,33,38)(H2,31,32,34,35)/t10?,12-,15-,18+,21?/m0/s1. The molecule has 4 aliphatic carbocycles. The Morgan fingerprint density at radius 3 is 2.55 bits per heavy atom. The Kier molecular flexibility index (Phi) is 6.12. The highest BCUT2D eigenvalue weighted by atomic mass is 19.4. The van der Waals surface area contributed by atoms with E-state index in [1.54, 1.807) is 0 Å². The number of rotatable bonds is 7. The topological polar surface area (TPSA) is 118 Å². The molecule has 0 saturated heterocycles. The van der Waals surface area contributed by atoms with Crippen LogP contribution < -0.4 is 10.6 Å². The van der Waals surface area contributed by atoms with E-state index in [9.17, 15) is 31.1 Å². The molecule has 0 aromatic carbocycles. The number of H-pyrrole nitrogens is 1. The van der Waals surface area contributed by atoms with Crippen molar-refractivity contribution < 1.29 is 45.0 Å². The number of halogens is 7. The molecule has 0 unspecified atom stereocenters. The van der Waals surface area contributed by atoms with Crippen molar-refractivity contribution >= 4 is 23.2 Å². The lowest BCUT2D eigenvalue weighted by Gasteiger charge is -2.61. The first kappa shape index (κ1) is 26.6. The van der Waals surface area contributed by atoms with Gasteiger partial charge in [0.15, 0.2) is 17.3 Å². The minimum absolute atomic E-state index is 0.0176. The zero-order valence-electron chi connectivity index (χ0n) is 20.4. The van der Waals surface area contributed by atoms with Gasteiger partial charge in [-0.3, -0.25) is 9.84 Å². The molecule has 4 aliphatic rings. The van der Waals surface area contributed by atoms with Gasteiger partial charge in [-0.15, -0.1) is 13.2 Å². The van der Waals surface area contributed by atoms with E-state index in [-0.39, 0.29) is 29.0 Å². The number of fused-ring (bicyclic) bond motifs is 1. The van der Waals surface area contributed by atoms with E-state index in [4.69, 9.17) is 4.74 Å². The zero-order chi connectivity index (χ0) is 28.4. The number of aromatic amines is 1. The third-order valence-electron chi connectivity index (χ3n) is 7.59. The molecule has 3 heterocycles. The Bertz CT molecular complexity index is 1420. The van der Waals surface area contributed by atoms with E-state index >= 15 is 4.39 Å². The fourth-order valence-electron chi connectivity index (χ4n) is 5.60. The van der Waals surface area contributed by atoms with Gasteiger partial charge in [-0.05, 0) is 44.1 Å². The number of carbonyl (C=O) groups is 1. The predicted octanol–water partition coefficient (Wildman–Crippen LogP) is 5.11. The van der Waals surface area contributed by atoms with Gasteiger partial charge in [0.2, 0.25) is 0 Å². The second-order valence-electron chi connectivity index (χ2n) is 10.5. The lowest BCUT2D eigenvalue weighted by Crippen LogP contribution is -2.68. The molecule has 4 fully saturated rings. The lowest BCUT2D eigenvalue weighted by atomic mass is 9.50. The van der Waals surface area contributed by atoms with Gasteiger partial charge in [0.25, 0.3) is 0 Å². The molecule has 3 aromatic heterocycles. The quantitative estimate of drug-likeness (QED) is 0.334. The van der Waals surface area contributed by atoms with E-state index in [1.807, 2.05) is 0 Å². The van der Waals surface area contributed by atoms with Gasteiger partial charge in [-0.25, -0.2) is 18.7 Å². The molecule has 0 aliphatic heterocycles. The summed E-state index contributed by atoms with van der Waals surface area (Å²) in [5.41, 5.74) is -1.62. The number of alkyl carbamates (subject to hydrolysis) is 1. The summed E-state index contributed by atoms with van der Waals surface area (Å²) in [7, 11) is 0. The molecule has 3 N–H and O–H groups in total. The predicted molar refractivity (Wildman–Crippen MR) is 121 cm³/mol. The van der Waals surface area contributed by atoms with Crippen molar-refractivity contribution in [1.82, 2.24) is 30.1 Å². The average molecular weight is 577 g/mol. The molecule has 0 spiro atoms. The minimum atomic E-state index is -4.96. The Balaban J connectivity index is 1.16. The van der Waals surface area contributed by atoms with Crippen LogP contribution >= 0.6 is 0 Å². The first-order valence-corrected chi connectivity index (χ1v) is 12.4. The molecule has 3 aromatic rings. The highest BCUT2D eigenvalue weighted by Crippen LogP contribution is 2.57. The van der Waals surface area contributed by atoms with Crippen LogP contribution in [0.3, 0.4) is 0 Å². The van der Waals surface area contributed by atoms with Gasteiger partial charge in [0.1, 0.15) is 24.4 Å². The highest BCUT2D eigenvalue weighted by Gasteiger charge is 2.58. The molecule has 40 heavy (non-hydrogen) atoms. The molecule has 7 rings (SSSR count). The number of alkyl halides is 7. The lowest BCUT2D eigenvalue weighted by molar-refractivity contribution is -0.330. The molecule has 4 saturated carbocycles. The minimum Gasteiger partial charge on any atom is -0.443 e. The van der Waals surface area contributed by atoms with E-state index in [0.29, 0.717) is 24.2 Å². The van der Waals surface area contributed by atoms with Gasteiger partial charge < -0.3 is 15.4 Å². The van der Waals surface area contributed by atoms with Crippen LogP contribution in [-0.2, 0) is 22.3 Å². The van der Waals surface area contributed by atoms with Crippen LogP contribution in [0.15, 0.2) is 18.3 Å². The Morgan fingerprint density at radius 1 is 1.15 bits per heavy atom. The van der Waals surface area contributed by atoms with E-state index < -0.39 is 54.9 Å². The van der Waals surface area contributed by atoms with Gasteiger partial charge in [-0.2, -0.15) is 23.4 Å². The van der Waals surface area contributed by atoms with Gasteiger partial charge in [0.05, 0.1) is 11.9 Å². The van der Waals surface area contributed by atoms with E-state index in [1.165, 1.54) is 6.07 Å². The fraction of sp³-hybridized carbons (Fsp3) is 0.565. The maximum absolute atomic E-state index is 15.2. The Morgan fingerprint density at radius 2 is 1.90 bits per heavy atom. The summed E-state index contributed by atoms with van der Waals surface area (Å²) in [6, 6.07) is 2.47. The van der Waals surface area contributed by atoms with Crippen molar-refractivity contribution in [2.24, 2.45) is 5.92 Å². The molecule has 0 radical (unpaired) electrons. The Hall–Kier alpha value is -3.63. The van der Waals surface area contributed by atoms with Crippen LogP contribution in [-0.4, -0.2) is 55.1 Å². The monoisotopic (exact) mass is 577 g/mol. The third kappa shape index (κ3) is 5.13. The molecular weight excluding hydrogens is 555 g/mol. The number of amides is 1. The van der Waals surface area contributed by atoms with Crippen LogP contribution in [0.4, 0.5) is 47.2 Å². The molecule has 216 valence electrons. The van der Waals surface area contributed by atoms with Crippen LogP contribution in [0.5, 0.6) is 0 Å². The number of aromatic nitrogens is 5. The largest absolute Gasteiger partial charge is 0.522 e. The van der Waals surface area contributed by atoms with Gasteiger partial charge in [0, 0.05) is 23.2 Å². The fourth-order valence-corrected chi connectivity index (χ4v) is 5.60. The molecular formula is C23H22F7N7O3. The number of ether oxygens (including phenoxy) is 2. The Labute approximate surface area is 220 Å². The summed E-state index contributed by atoms with van der Waals surface area (Å²) in [6.07, 6.45) is -9.16. The zero-order valence-corrected chi connectivity index (χ0v) is 20.4. The van der Waals surface area contributed by atoms with Crippen molar-refractivity contribution in [2.75, 3.05) is 5.32 Å². The number of hydrogen-bond acceptors (Lipinski definition) is 7. The molecule has 2 bridgehead atoms. The van der Waals surface area contributed by atoms with Crippen molar-refractivity contribution in [3.05, 3.63) is 35.4 Å². The third-order valence-corrected chi connectivity index (χ3v) is 7.59. The molecule has 1 amide bonds. The number of hydrogen-bond donors (Lipinski definition) is 3. The first-order valence-electron chi connectivity index (χ1n) is 12.4. The van der Waals surface area contributed by atoms with Crippen molar-refractivity contribution in [2.45, 2.75) is 75.0 Å². The van der Waals surface area contributed by atoms with Crippen molar-refractivity contribution in [1.29, 1.82) is 0 Å². The average Bonchev–Trinajstić information content (AvgIpc) is 3.52. The maximum Gasteiger partial charge on any atom is 0.522 e. The highest BCUT2D eigenvalue weighted by molar-refractivity contribution is 5.73. The van der Waals surface area contributed by atoms with Crippen LogP contribution in [0, 0.1) is 5.92 Å². The second kappa shape index (κ2) is 9.21. The van der Waals surface area contributed by atoms with Gasteiger partial charge >= 0.3 is 18.6 Å². The van der Waals surface area contributed by atoms with Crippen molar-refractivity contribution in [3.63, 3.8) is 0 Å². The maximum atomic E-state index is 15.2. The van der Waals surface area contributed by atoms with E-state index in [0.717, 1.165) is 29.8 Å². The van der Waals surface area contributed by atoms with Crippen LogP contribution in [0.1, 0.15) is 55.1 Å². The normalized spacial score (nSPS) is 27.8. The summed E-state index contributed by atoms with van der Waals surface area (Å²) in [6.45, 7) is -1.03. The van der Waals surface area contributed by atoms with E-state index in [2.05, 4.69) is 35.7 Å². The molecule has 17 heteroatoms. The smallest absolute Gasteiger partial charge is 0.443 e. The number of carbonyl (C=O) groups excluding carboxylic acids is 1. The van der Waals surface area contributed by atoms with Crippen LogP contribution in [0.25, 0.3) is 5.52 Å². The summed E-state index contributed by atoms with van der Waals surface area (Å²) in [4.78, 5) is 15.8. The van der Waals surface area contributed by atoms with Crippen LogP contribution in [0.2, 0.25) is 0 Å². The summed E-state index contributed by atoms with van der Waals surface area (Å²) >= 11 is 0. The molecule has 10 nitrogen and oxygen atoms in total. The number of nitrogens with one attached hydrogen (secondary N) is 3.